The lowest BCUT2D eigenvalue weighted by molar-refractivity contribution is 0.0956. The summed E-state index contributed by atoms with van der Waals surface area (Å²) in [5.41, 5.74) is 4.36. The minimum atomic E-state index is -0.0835. The van der Waals surface area contributed by atoms with Crippen LogP contribution in [-0.4, -0.2) is 22.4 Å². The highest BCUT2D eigenvalue weighted by Gasteiger charge is 2.13. The van der Waals surface area contributed by atoms with Crippen molar-refractivity contribution in [2.24, 2.45) is 0 Å². The van der Waals surface area contributed by atoms with Crippen molar-refractivity contribution < 1.29 is 4.79 Å². The number of hydrogen-bond donors (Lipinski definition) is 1. The topological polar surface area (TPSA) is 54.9 Å². The standard InChI is InChI=1S/C23H19N3O/c27-23(25-15-10-17-6-2-1-3-7-17)20-16-22(18-11-13-24-14-12-18)26-21-9-5-4-8-19(20)21/h1-9,11-14,16H,10,15H2,(H,25,27). The normalized spacial score (nSPS) is 10.7. The molecule has 0 aliphatic rings. The third-order valence-corrected chi connectivity index (χ3v) is 4.48. The fourth-order valence-corrected chi connectivity index (χ4v) is 3.09. The summed E-state index contributed by atoms with van der Waals surface area (Å²) in [6, 6.07) is 23.5. The fraction of sp³-hybridized carbons (Fsp3) is 0.0870. The smallest absolute Gasteiger partial charge is 0.252 e. The van der Waals surface area contributed by atoms with Gasteiger partial charge in [-0.25, -0.2) is 4.98 Å². The van der Waals surface area contributed by atoms with E-state index >= 15 is 0 Å². The molecule has 4 rings (SSSR count). The van der Waals surface area contributed by atoms with Crippen LogP contribution in [0.25, 0.3) is 22.2 Å². The van der Waals surface area contributed by atoms with Gasteiger partial charge in [0, 0.05) is 29.9 Å². The summed E-state index contributed by atoms with van der Waals surface area (Å²) >= 11 is 0. The van der Waals surface area contributed by atoms with E-state index in [0.717, 1.165) is 28.6 Å². The molecule has 0 saturated carbocycles. The highest BCUT2D eigenvalue weighted by Crippen LogP contribution is 2.24. The van der Waals surface area contributed by atoms with Crippen molar-refractivity contribution in [2.75, 3.05) is 6.54 Å². The molecule has 0 aliphatic carbocycles. The van der Waals surface area contributed by atoms with Gasteiger partial charge in [0.1, 0.15) is 0 Å². The van der Waals surface area contributed by atoms with Crippen LogP contribution in [-0.2, 0) is 6.42 Å². The number of hydrogen-bond acceptors (Lipinski definition) is 3. The summed E-state index contributed by atoms with van der Waals surface area (Å²) in [7, 11) is 0. The maximum atomic E-state index is 12.9. The monoisotopic (exact) mass is 353 g/mol. The first-order valence-electron chi connectivity index (χ1n) is 8.93. The van der Waals surface area contributed by atoms with Crippen molar-refractivity contribution in [3.05, 3.63) is 96.3 Å². The number of nitrogens with one attached hydrogen (secondary N) is 1. The van der Waals surface area contributed by atoms with Gasteiger partial charge in [-0.05, 0) is 36.2 Å². The molecule has 0 fully saturated rings. The van der Waals surface area contributed by atoms with Crippen LogP contribution in [0.2, 0.25) is 0 Å². The number of fused-ring (bicyclic) bond motifs is 1. The Kier molecular flexibility index (Phi) is 4.88. The molecular weight excluding hydrogens is 334 g/mol. The second-order valence-electron chi connectivity index (χ2n) is 6.30. The predicted molar refractivity (Wildman–Crippen MR) is 107 cm³/mol. The van der Waals surface area contributed by atoms with Crippen LogP contribution in [0.15, 0.2) is 85.2 Å². The summed E-state index contributed by atoms with van der Waals surface area (Å²) in [6.45, 7) is 0.587. The summed E-state index contributed by atoms with van der Waals surface area (Å²) in [6.07, 6.45) is 4.25. The van der Waals surface area contributed by atoms with Crippen LogP contribution in [0.5, 0.6) is 0 Å². The predicted octanol–water partition coefficient (Wildman–Crippen LogP) is 4.27. The van der Waals surface area contributed by atoms with Crippen LogP contribution >= 0.6 is 0 Å². The first kappa shape index (κ1) is 16.9. The summed E-state index contributed by atoms with van der Waals surface area (Å²) in [4.78, 5) is 21.6. The number of aromatic nitrogens is 2. The lowest BCUT2D eigenvalue weighted by atomic mass is 10.0. The fourth-order valence-electron chi connectivity index (χ4n) is 3.09. The van der Waals surface area contributed by atoms with Crippen LogP contribution in [0.4, 0.5) is 0 Å². The molecule has 0 bridgehead atoms. The van der Waals surface area contributed by atoms with Gasteiger partial charge in [-0.1, -0.05) is 48.5 Å². The molecule has 2 heterocycles. The number of pyridine rings is 2. The SMILES string of the molecule is O=C(NCCc1ccccc1)c1cc(-c2ccncc2)nc2ccccc12. The van der Waals surface area contributed by atoms with E-state index in [4.69, 9.17) is 4.98 Å². The minimum Gasteiger partial charge on any atom is -0.352 e. The third kappa shape index (κ3) is 3.85. The Morgan fingerprint density at radius 1 is 0.889 bits per heavy atom. The molecule has 27 heavy (non-hydrogen) atoms. The van der Waals surface area contributed by atoms with Crippen LogP contribution in [0, 0.1) is 0 Å². The molecule has 0 aliphatic heterocycles. The zero-order valence-corrected chi connectivity index (χ0v) is 14.8. The molecule has 1 amide bonds. The van der Waals surface area contributed by atoms with E-state index < -0.39 is 0 Å². The Bertz CT molecular complexity index is 1060. The van der Waals surface area contributed by atoms with Gasteiger partial charge in [0.2, 0.25) is 0 Å². The van der Waals surface area contributed by atoms with Crippen molar-refractivity contribution in [1.82, 2.24) is 15.3 Å². The van der Waals surface area contributed by atoms with Crippen LogP contribution in [0.3, 0.4) is 0 Å². The lowest BCUT2D eigenvalue weighted by Crippen LogP contribution is -2.26. The highest BCUT2D eigenvalue weighted by molar-refractivity contribution is 6.07. The van der Waals surface area contributed by atoms with Crippen molar-refractivity contribution in [3.63, 3.8) is 0 Å². The Morgan fingerprint density at radius 3 is 2.44 bits per heavy atom. The quantitative estimate of drug-likeness (QED) is 0.583. The second-order valence-corrected chi connectivity index (χ2v) is 6.30. The van der Waals surface area contributed by atoms with Crippen molar-refractivity contribution in [1.29, 1.82) is 0 Å². The van der Waals surface area contributed by atoms with Crippen molar-refractivity contribution in [3.8, 4) is 11.3 Å². The Morgan fingerprint density at radius 2 is 1.63 bits per heavy atom. The molecule has 4 heteroatoms. The molecule has 4 aromatic rings. The summed E-state index contributed by atoms with van der Waals surface area (Å²) < 4.78 is 0. The van der Waals surface area contributed by atoms with E-state index in [2.05, 4.69) is 22.4 Å². The molecule has 2 aromatic heterocycles. The first-order chi connectivity index (χ1) is 13.3. The van der Waals surface area contributed by atoms with E-state index in [1.165, 1.54) is 5.56 Å². The number of para-hydroxylation sites is 1. The van der Waals surface area contributed by atoms with Crippen molar-refractivity contribution >= 4 is 16.8 Å². The van der Waals surface area contributed by atoms with Gasteiger partial charge < -0.3 is 5.32 Å². The average Bonchev–Trinajstić information content (AvgIpc) is 2.74. The van der Waals surface area contributed by atoms with Crippen molar-refractivity contribution in [2.45, 2.75) is 6.42 Å². The molecule has 0 radical (unpaired) electrons. The van der Waals surface area contributed by atoms with Crippen LogP contribution in [0.1, 0.15) is 15.9 Å². The number of amides is 1. The molecule has 2 aromatic carbocycles. The van der Waals surface area contributed by atoms with E-state index in [1.54, 1.807) is 12.4 Å². The maximum absolute atomic E-state index is 12.9. The van der Waals surface area contributed by atoms with Gasteiger partial charge in [-0.2, -0.15) is 0 Å². The number of rotatable bonds is 5. The Balaban J connectivity index is 1.62. The Hall–Kier alpha value is -3.53. The molecule has 0 spiro atoms. The van der Waals surface area contributed by atoms with E-state index in [1.807, 2.05) is 60.7 Å². The van der Waals surface area contributed by atoms with Crippen LogP contribution < -0.4 is 5.32 Å². The summed E-state index contributed by atoms with van der Waals surface area (Å²) in [5, 5.41) is 3.89. The largest absolute Gasteiger partial charge is 0.352 e. The zero-order valence-electron chi connectivity index (χ0n) is 14.8. The van der Waals surface area contributed by atoms with Gasteiger partial charge in [0.15, 0.2) is 0 Å². The van der Waals surface area contributed by atoms with E-state index in [0.29, 0.717) is 12.1 Å². The highest BCUT2D eigenvalue weighted by atomic mass is 16.1. The molecule has 0 atom stereocenters. The molecular formula is C23H19N3O. The number of carbonyl (C=O) groups is 1. The number of carbonyl (C=O) groups excluding carboxylic acids is 1. The van der Waals surface area contributed by atoms with E-state index in [9.17, 15) is 4.79 Å². The molecule has 1 N–H and O–H groups in total. The molecule has 0 unspecified atom stereocenters. The first-order valence-corrected chi connectivity index (χ1v) is 8.93. The number of benzene rings is 2. The van der Waals surface area contributed by atoms with Gasteiger partial charge in [-0.15, -0.1) is 0 Å². The minimum absolute atomic E-state index is 0.0835. The van der Waals surface area contributed by atoms with E-state index in [-0.39, 0.29) is 5.91 Å². The number of nitrogens with zero attached hydrogens (tertiary/aromatic N) is 2. The zero-order chi connectivity index (χ0) is 18.5. The van der Waals surface area contributed by atoms with Gasteiger partial charge in [-0.3, -0.25) is 9.78 Å². The third-order valence-electron chi connectivity index (χ3n) is 4.48. The molecule has 0 saturated heterocycles. The lowest BCUT2D eigenvalue weighted by Gasteiger charge is -2.11. The van der Waals surface area contributed by atoms with Gasteiger partial charge >= 0.3 is 0 Å². The van der Waals surface area contributed by atoms with Gasteiger partial charge in [0.05, 0.1) is 16.8 Å². The second kappa shape index (κ2) is 7.79. The summed E-state index contributed by atoms with van der Waals surface area (Å²) in [5.74, 6) is -0.0835. The molecule has 4 nitrogen and oxygen atoms in total. The van der Waals surface area contributed by atoms with Gasteiger partial charge in [0.25, 0.3) is 5.91 Å². The average molecular weight is 353 g/mol. The molecule has 132 valence electrons. The maximum Gasteiger partial charge on any atom is 0.252 e. The Labute approximate surface area is 157 Å².